The van der Waals surface area contributed by atoms with E-state index in [1.807, 2.05) is 24.3 Å². The molecule has 1 aromatic heterocycles. The first-order valence-electron chi connectivity index (χ1n) is 5.33. The monoisotopic (exact) mass is 310 g/mol. The maximum atomic E-state index is 10.9. The van der Waals surface area contributed by atoms with Gasteiger partial charge in [0, 0.05) is 11.4 Å². The van der Waals surface area contributed by atoms with Crippen molar-refractivity contribution in [3.8, 4) is 0 Å². The lowest BCUT2D eigenvalue weighted by atomic mass is 9.96. The number of hydrogen-bond acceptors (Lipinski definition) is 4. The summed E-state index contributed by atoms with van der Waals surface area (Å²) in [6.45, 7) is 1.68. The lowest BCUT2D eigenvalue weighted by Gasteiger charge is -2.11. The van der Waals surface area contributed by atoms with Crippen LogP contribution >= 0.6 is 15.9 Å². The largest absolute Gasteiger partial charge is 0.481 e. The average molecular weight is 311 g/mol. The van der Waals surface area contributed by atoms with Crippen LogP contribution in [0.2, 0.25) is 0 Å². The van der Waals surface area contributed by atoms with Gasteiger partial charge in [-0.2, -0.15) is 0 Å². The number of aliphatic carboxylic acids is 1. The zero-order chi connectivity index (χ0) is 13.1. The summed E-state index contributed by atoms with van der Waals surface area (Å²) in [7, 11) is 0. The predicted octanol–water partition coefficient (Wildman–Crippen LogP) is 2.75. The molecule has 6 heteroatoms. The van der Waals surface area contributed by atoms with E-state index in [1.165, 1.54) is 0 Å². The molecule has 18 heavy (non-hydrogen) atoms. The molecule has 5 nitrogen and oxygen atoms in total. The van der Waals surface area contributed by atoms with Gasteiger partial charge in [0.05, 0.1) is 12.3 Å². The maximum absolute atomic E-state index is 10.9. The molecule has 0 bridgehead atoms. The van der Waals surface area contributed by atoms with Gasteiger partial charge >= 0.3 is 5.97 Å². The van der Waals surface area contributed by atoms with E-state index in [4.69, 9.17) is 9.52 Å². The topological polar surface area (TPSA) is 76.2 Å². The average Bonchev–Trinajstić information content (AvgIpc) is 2.72. The molecule has 2 rings (SSSR count). The molecule has 0 spiro atoms. The molecule has 1 heterocycles. The summed E-state index contributed by atoms with van der Waals surface area (Å²) in [5.74, 6) is -0.583. The maximum Gasteiger partial charge on any atom is 0.304 e. The van der Waals surface area contributed by atoms with Crippen LogP contribution < -0.4 is 0 Å². The molecule has 0 unspecified atom stereocenters. The lowest BCUT2D eigenvalue weighted by Crippen LogP contribution is -2.08. The molecule has 0 saturated carbocycles. The number of aromatic nitrogens is 2. The van der Waals surface area contributed by atoms with Crippen LogP contribution in [0.1, 0.15) is 29.7 Å². The third kappa shape index (κ3) is 2.95. The highest BCUT2D eigenvalue weighted by atomic mass is 79.9. The predicted molar refractivity (Wildman–Crippen MR) is 67.3 cm³/mol. The number of nitrogens with zero attached hydrogens (tertiary/aromatic N) is 2. The first-order valence-corrected chi connectivity index (χ1v) is 6.13. The minimum Gasteiger partial charge on any atom is -0.481 e. The van der Waals surface area contributed by atoms with E-state index in [-0.39, 0.29) is 6.42 Å². The zero-order valence-corrected chi connectivity index (χ0v) is 11.2. The minimum absolute atomic E-state index is 0.0852. The standard InChI is InChI=1S/C12H11BrN2O3/c1-7-14-15-12(18-7)10(6-11(16)17)8-3-2-4-9(13)5-8/h2-5,10H,6H2,1H3,(H,16,17)/t10-/m1/s1. The Labute approximate surface area is 112 Å². The fourth-order valence-electron chi connectivity index (χ4n) is 1.70. The summed E-state index contributed by atoms with van der Waals surface area (Å²) in [4.78, 5) is 10.9. The summed E-state index contributed by atoms with van der Waals surface area (Å²) in [6.07, 6.45) is -0.0852. The molecular formula is C12H11BrN2O3. The van der Waals surface area contributed by atoms with Crippen LogP contribution in [0.15, 0.2) is 33.2 Å². The zero-order valence-electron chi connectivity index (χ0n) is 9.63. The molecule has 2 aromatic rings. The van der Waals surface area contributed by atoms with Gasteiger partial charge in [0.25, 0.3) is 0 Å². The molecule has 0 aliphatic rings. The normalized spacial score (nSPS) is 12.3. The smallest absolute Gasteiger partial charge is 0.304 e. The Balaban J connectivity index is 2.39. The van der Waals surface area contributed by atoms with E-state index in [2.05, 4.69) is 26.1 Å². The highest BCUT2D eigenvalue weighted by Gasteiger charge is 2.23. The Morgan fingerprint density at radius 2 is 2.28 bits per heavy atom. The van der Waals surface area contributed by atoms with Crippen molar-refractivity contribution < 1.29 is 14.3 Å². The highest BCUT2D eigenvalue weighted by molar-refractivity contribution is 9.10. The number of benzene rings is 1. The van der Waals surface area contributed by atoms with Crippen LogP contribution in [0.5, 0.6) is 0 Å². The SMILES string of the molecule is Cc1nnc([C@H](CC(=O)O)c2cccc(Br)c2)o1. The van der Waals surface area contributed by atoms with Gasteiger partial charge in [0.2, 0.25) is 11.8 Å². The Morgan fingerprint density at radius 3 is 2.83 bits per heavy atom. The van der Waals surface area contributed by atoms with Gasteiger partial charge < -0.3 is 9.52 Å². The molecule has 0 aliphatic carbocycles. The fourth-order valence-corrected chi connectivity index (χ4v) is 2.12. The molecule has 0 aliphatic heterocycles. The van der Waals surface area contributed by atoms with Gasteiger partial charge in [-0.15, -0.1) is 10.2 Å². The van der Waals surface area contributed by atoms with Gasteiger partial charge in [0.1, 0.15) is 0 Å². The molecule has 1 N–H and O–H groups in total. The Kier molecular flexibility index (Phi) is 3.76. The van der Waals surface area contributed by atoms with E-state index in [1.54, 1.807) is 6.92 Å². The van der Waals surface area contributed by atoms with Crippen LogP contribution in [0.4, 0.5) is 0 Å². The number of hydrogen-bond donors (Lipinski definition) is 1. The van der Waals surface area contributed by atoms with Gasteiger partial charge in [-0.1, -0.05) is 28.1 Å². The van der Waals surface area contributed by atoms with Crippen molar-refractivity contribution in [2.75, 3.05) is 0 Å². The van der Waals surface area contributed by atoms with E-state index in [0.717, 1.165) is 10.0 Å². The highest BCUT2D eigenvalue weighted by Crippen LogP contribution is 2.28. The number of carboxylic acid groups (broad SMARTS) is 1. The first-order chi connectivity index (χ1) is 8.56. The molecule has 0 radical (unpaired) electrons. The molecule has 1 atom stereocenters. The van der Waals surface area contributed by atoms with Crippen LogP contribution in [-0.4, -0.2) is 21.3 Å². The van der Waals surface area contributed by atoms with Gasteiger partial charge in [-0.25, -0.2) is 0 Å². The number of carbonyl (C=O) groups is 1. The van der Waals surface area contributed by atoms with Crippen LogP contribution in [0.25, 0.3) is 0 Å². The molecular weight excluding hydrogens is 300 g/mol. The van der Waals surface area contributed by atoms with E-state index in [0.29, 0.717) is 11.8 Å². The summed E-state index contributed by atoms with van der Waals surface area (Å²) >= 11 is 3.36. The Morgan fingerprint density at radius 1 is 1.50 bits per heavy atom. The van der Waals surface area contributed by atoms with Crippen molar-refractivity contribution in [3.05, 3.63) is 46.1 Å². The van der Waals surface area contributed by atoms with Crippen molar-refractivity contribution in [3.63, 3.8) is 0 Å². The Bertz CT molecular complexity index is 568. The number of rotatable bonds is 4. The number of halogens is 1. The third-order valence-electron chi connectivity index (χ3n) is 2.47. The fraction of sp³-hybridized carbons (Fsp3) is 0.250. The quantitative estimate of drug-likeness (QED) is 0.939. The minimum atomic E-state index is -0.907. The van der Waals surface area contributed by atoms with Crippen LogP contribution in [-0.2, 0) is 4.79 Å². The van der Waals surface area contributed by atoms with Gasteiger partial charge in [-0.3, -0.25) is 4.79 Å². The number of aryl methyl sites for hydroxylation is 1. The second-order valence-corrected chi connectivity index (χ2v) is 4.78. The second-order valence-electron chi connectivity index (χ2n) is 3.86. The van der Waals surface area contributed by atoms with Crippen LogP contribution in [0.3, 0.4) is 0 Å². The molecule has 1 aromatic carbocycles. The van der Waals surface area contributed by atoms with Crippen molar-refractivity contribution in [2.45, 2.75) is 19.3 Å². The Hall–Kier alpha value is -1.69. The second kappa shape index (κ2) is 5.30. The first kappa shape index (κ1) is 12.8. The summed E-state index contributed by atoms with van der Waals surface area (Å²) < 4.78 is 6.22. The van der Waals surface area contributed by atoms with Crippen LogP contribution in [0, 0.1) is 6.92 Å². The van der Waals surface area contributed by atoms with Crippen molar-refractivity contribution >= 4 is 21.9 Å². The van der Waals surface area contributed by atoms with E-state index < -0.39 is 11.9 Å². The number of carboxylic acids is 1. The summed E-state index contributed by atoms with van der Waals surface area (Å²) in [5, 5.41) is 16.6. The lowest BCUT2D eigenvalue weighted by molar-refractivity contribution is -0.137. The molecule has 0 amide bonds. The third-order valence-corrected chi connectivity index (χ3v) is 2.96. The summed E-state index contributed by atoms with van der Waals surface area (Å²) in [5.41, 5.74) is 0.829. The van der Waals surface area contributed by atoms with E-state index in [9.17, 15) is 4.79 Å². The van der Waals surface area contributed by atoms with E-state index >= 15 is 0 Å². The van der Waals surface area contributed by atoms with Gasteiger partial charge in [0.15, 0.2) is 0 Å². The van der Waals surface area contributed by atoms with Crippen molar-refractivity contribution in [2.24, 2.45) is 0 Å². The van der Waals surface area contributed by atoms with Gasteiger partial charge in [-0.05, 0) is 17.7 Å². The van der Waals surface area contributed by atoms with Crippen molar-refractivity contribution in [1.82, 2.24) is 10.2 Å². The molecule has 0 saturated heterocycles. The molecule has 0 fully saturated rings. The summed E-state index contributed by atoms with van der Waals surface area (Å²) in [6, 6.07) is 7.42. The molecule has 94 valence electrons. The van der Waals surface area contributed by atoms with Crippen molar-refractivity contribution in [1.29, 1.82) is 0 Å².